The lowest BCUT2D eigenvalue weighted by Crippen LogP contribution is -2.29. The average Bonchev–Trinajstić information content (AvgIpc) is 3.21. The molecule has 4 aromatic rings. The SMILES string of the molecule is Cc1nn(-c2ccccn2)c2ncc3c(c12)C(=O)N(c1cccc(OC(F)(F)F)c1)C3=O. The van der Waals surface area contributed by atoms with E-state index in [4.69, 9.17) is 0 Å². The Morgan fingerprint density at radius 2 is 1.81 bits per heavy atom. The van der Waals surface area contributed by atoms with E-state index in [0.717, 1.165) is 17.0 Å². The number of hydrogen-bond donors (Lipinski definition) is 0. The molecule has 32 heavy (non-hydrogen) atoms. The number of nitrogens with zero attached hydrogens (tertiary/aromatic N) is 5. The molecule has 5 rings (SSSR count). The second-order valence-electron chi connectivity index (χ2n) is 6.92. The Bertz CT molecular complexity index is 1400. The van der Waals surface area contributed by atoms with Crippen LogP contribution in [-0.4, -0.2) is 37.9 Å². The number of carbonyl (C=O) groups is 2. The number of hydrogen-bond acceptors (Lipinski definition) is 6. The van der Waals surface area contributed by atoms with Gasteiger partial charge in [0.15, 0.2) is 11.5 Å². The fourth-order valence-corrected chi connectivity index (χ4v) is 3.65. The van der Waals surface area contributed by atoms with Crippen molar-refractivity contribution in [2.75, 3.05) is 4.90 Å². The van der Waals surface area contributed by atoms with Crippen molar-refractivity contribution in [2.24, 2.45) is 0 Å². The van der Waals surface area contributed by atoms with Crippen LogP contribution in [0, 0.1) is 6.92 Å². The van der Waals surface area contributed by atoms with E-state index in [1.54, 1.807) is 31.3 Å². The van der Waals surface area contributed by atoms with Gasteiger partial charge in [0.2, 0.25) is 0 Å². The molecule has 11 heteroatoms. The molecular weight excluding hydrogens is 427 g/mol. The van der Waals surface area contributed by atoms with Gasteiger partial charge in [-0.05, 0) is 31.2 Å². The van der Waals surface area contributed by atoms with Crippen molar-refractivity contribution in [1.29, 1.82) is 0 Å². The molecule has 1 aliphatic rings. The summed E-state index contributed by atoms with van der Waals surface area (Å²) < 4.78 is 43.1. The largest absolute Gasteiger partial charge is 0.573 e. The van der Waals surface area contributed by atoms with Gasteiger partial charge < -0.3 is 4.74 Å². The minimum Gasteiger partial charge on any atom is -0.406 e. The normalized spacial score (nSPS) is 13.7. The van der Waals surface area contributed by atoms with Gasteiger partial charge in [-0.25, -0.2) is 14.9 Å². The maximum atomic E-state index is 13.3. The summed E-state index contributed by atoms with van der Waals surface area (Å²) in [7, 11) is 0. The smallest absolute Gasteiger partial charge is 0.406 e. The Balaban J connectivity index is 1.63. The molecule has 4 heterocycles. The summed E-state index contributed by atoms with van der Waals surface area (Å²) >= 11 is 0. The van der Waals surface area contributed by atoms with Crippen LogP contribution in [0.15, 0.2) is 54.9 Å². The van der Waals surface area contributed by atoms with E-state index in [1.807, 2.05) is 0 Å². The van der Waals surface area contributed by atoms with Crippen LogP contribution in [0.3, 0.4) is 0 Å². The lowest BCUT2D eigenvalue weighted by Gasteiger charge is -2.15. The van der Waals surface area contributed by atoms with Gasteiger partial charge in [0.1, 0.15) is 5.75 Å². The van der Waals surface area contributed by atoms with Crippen LogP contribution in [-0.2, 0) is 0 Å². The van der Waals surface area contributed by atoms with Crippen molar-refractivity contribution in [3.63, 3.8) is 0 Å². The number of pyridine rings is 2. The third kappa shape index (κ3) is 3.06. The summed E-state index contributed by atoms with van der Waals surface area (Å²) in [5.74, 6) is -1.46. The highest BCUT2D eigenvalue weighted by molar-refractivity contribution is 6.37. The number of aryl methyl sites for hydroxylation is 1. The van der Waals surface area contributed by atoms with Crippen molar-refractivity contribution >= 4 is 28.5 Å². The number of anilines is 1. The number of aromatic nitrogens is 4. The maximum absolute atomic E-state index is 13.3. The number of rotatable bonds is 3. The minimum absolute atomic E-state index is 0.0355. The molecule has 0 aliphatic carbocycles. The number of benzene rings is 1. The van der Waals surface area contributed by atoms with Gasteiger partial charge in [-0.2, -0.15) is 9.78 Å². The molecule has 0 spiro atoms. The third-order valence-corrected chi connectivity index (χ3v) is 4.90. The highest BCUT2D eigenvalue weighted by Crippen LogP contribution is 2.36. The van der Waals surface area contributed by atoms with E-state index in [0.29, 0.717) is 22.5 Å². The van der Waals surface area contributed by atoms with E-state index >= 15 is 0 Å². The van der Waals surface area contributed by atoms with Crippen molar-refractivity contribution < 1.29 is 27.5 Å². The van der Waals surface area contributed by atoms with Gasteiger partial charge in [-0.15, -0.1) is 13.2 Å². The Hall–Kier alpha value is -4.28. The number of imide groups is 1. The van der Waals surface area contributed by atoms with E-state index in [2.05, 4.69) is 19.8 Å². The van der Waals surface area contributed by atoms with E-state index in [-0.39, 0.29) is 16.8 Å². The Kier molecular flexibility index (Phi) is 4.22. The van der Waals surface area contributed by atoms with Gasteiger partial charge in [0.05, 0.1) is 27.9 Å². The first-order valence-electron chi connectivity index (χ1n) is 9.29. The van der Waals surface area contributed by atoms with Crippen LogP contribution in [0.1, 0.15) is 26.4 Å². The van der Waals surface area contributed by atoms with Gasteiger partial charge >= 0.3 is 6.36 Å². The fraction of sp³-hybridized carbons (Fsp3) is 0.0952. The zero-order chi connectivity index (χ0) is 22.6. The summed E-state index contributed by atoms with van der Waals surface area (Å²) in [5, 5.41) is 4.79. The van der Waals surface area contributed by atoms with Gasteiger partial charge in [0, 0.05) is 18.5 Å². The first kappa shape index (κ1) is 19.7. The molecule has 0 radical (unpaired) electrons. The quantitative estimate of drug-likeness (QED) is 0.451. The molecular formula is C21H12F3N5O3. The molecule has 3 aromatic heterocycles. The standard InChI is InChI=1S/C21H12F3N5O3/c1-11-16-17-14(10-26-18(16)29(27-11)15-7-2-3-8-25-15)19(30)28(20(17)31)12-5-4-6-13(9-12)32-21(22,23)24/h2-10H,1H3. The Morgan fingerprint density at radius 1 is 1.00 bits per heavy atom. The number of halogens is 3. The molecule has 0 atom stereocenters. The van der Waals surface area contributed by atoms with Crippen molar-refractivity contribution in [1.82, 2.24) is 19.7 Å². The predicted molar refractivity (Wildman–Crippen MR) is 106 cm³/mol. The van der Waals surface area contributed by atoms with Crippen LogP contribution in [0.5, 0.6) is 5.75 Å². The first-order chi connectivity index (χ1) is 15.2. The monoisotopic (exact) mass is 439 g/mol. The second kappa shape index (κ2) is 6.87. The zero-order valence-corrected chi connectivity index (χ0v) is 16.3. The lowest BCUT2D eigenvalue weighted by molar-refractivity contribution is -0.274. The number of carbonyl (C=O) groups excluding carboxylic acids is 2. The van der Waals surface area contributed by atoms with Gasteiger partial charge in [-0.1, -0.05) is 12.1 Å². The summed E-state index contributed by atoms with van der Waals surface area (Å²) in [5.41, 5.74) is 0.847. The number of amides is 2. The number of fused-ring (bicyclic) bond motifs is 3. The summed E-state index contributed by atoms with van der Waals surface area (Å²) in [6.07, 6.45) is -2.07. The van der Waals surface area contributed by atoms with Crippen LogP contribution in [0.25, 0.3) is 16.9 Å². The Morgan fingerprint density at radius 3 is 2.53 bits per heavy atom. The van der Waals surface area contributed by atoms with Gasteiger partial charge in [0.25, 0.3) is 11.8 Å². The zero-order valence-electron chi connectivity index (χ0n) is 16.3. The first-order valence-corrected chi connectivity index (χ1v) is 9.29. The molecule has 2 amide bonds. The van der Waals surface area contributed by atoms with Crippen LogP contribution in [0.2, 0.25) is 0 Å². The number of alkyl halides is 3. The molecule has 8 nitrogen and oxygen atoms in total. The minimum atomic E-state index is -4.91. The molecule has 0 fully saturated rings. The van der Waals surface area contributed by atoms with Crippen molar-refractivity contribution in [2.45, 2.75) is 13.3 Å². The summed E-state index contributed by atoms with van der Waals surface area (Å²) in [6, 6.07) is 9.89. The van der Waals surface area contributed by atoms with E-state index in [9.17, 15) is 22.8 Å². The predicted octanol–water partition coefficient (Wildman–Crippen LogP) is 3.82. The molecule has 0 saturated carbocycles. The Labute approximate surface area is 177 Å². The highest BCUT2D eigenvalue weighted by Gasteiger charge is 2.40. The number of ether oxygens (including phenoxy) is 1. The topological polar surface area (TPSA) is 90.2 Å². The van der Waals surface area contributed by atoms with Crippen LogP contribution < -0.4 is 9.64 Å². The second-order valence-corrected chi connectivity index (χ2v) is 6.92. The molecule has 0 unspecified atom stereocenters. The van der Waals surface area contributed by atoms with E-state index < -0.39 is 23.9 Å². The lowest BCUT2D eigenvalue weighted by atomic mass is 10.1. The van der Waals surface area contributed by atoms with Crippen LogP contribution >= 0.6 is 0 Å². The third-order valence-electron chi connectivity index (χ3n) is 4.90. The average molecular weight is 439 g/mol. The molecule has 0 N–H and O–H groups in total. The molecule has 0 bridgehead atoms. The molecule has 1 aliphatic heterocycles. The van der Waals surface area contributed by atoms with Gasteiger partial charge in [-0.3, -0.25) is 9.59 Å². The van der Waals surface area contributed by atoms with Crippen molar-refractivity contribution in [3.8, 4) is 11.6 Å². The fourth-order valence-electron chi connectivity index (χ4n) is 3.65. The maximum Gasteiger partial charge on any atom is 0.573 e. The highest BCUT2D eigenvalue weighted by atomic mass is 19.4. The molecule has 160 valence electrons. The summed E-state index contributed by atoms with van der Waals surface area (Å²) in [4.78, 5) is 35.6. The van der Waals surface area contributed by atoms with Crippen molar-refractivity contribution in [3.05, 3.63) is 71.7 Å². The summed E-state index contributed by atoms with van der Waals surface area (Å²) in [6.45, 7) is 1.67. The van der Waals surface area contributed by atoms with Crippen LogP contribution in [0.4, 0.5) is 18.9 Å². The molecule has 1 aromatic carbocycles. The van der Waals surface area contributed by atoms with E-state index in [1.165, 1.54) is 23.0 Å². The molecule has 0 saturated heterocycles.